The molecule has 2 aliphatic rings. The number of nitrogens with zero attached hydrogens (tertiary/aromatic N) is 1. The lowest BCUT2D eigenvalue weighted by Gasteiger charge is -2.31. The molecule has 0 spiro atoms. The first-order valence-electron chi connectivity index (χ1n) is 8.74. The van der Waals surface area contributed by atoms with Gasteiger partial charge < -0.3 is 15.5 Å². The highest BCUT2D eigenvalue weighted by molar-refractivity contribution is 5.73. The average molecular weight is 337 g/mol. The van der Waals surface area contributed by atoms with Crippen molar-refractivity contribution >= 4 is 11.6 Å². The van der Waals surface area contributed by atoms with E-state index in [0.29, 0.717) is 23.8 Å². The molecule has 1 aromatic carbocycles. The Morgan fingerprint density at radius 2 is 1.79 bits per heavy atom. The van der Waals surface area contributed by atoms with Crippen LogP contribution in [0.25, 0.3) is 0 Å². The molecule has 24 heavy (non-hydrogen) atoms. The zero-order chi connectivity index (χ0) is 17.1. The molecule has 1 saturated heterocycles. The van der Waals surface area contributed by atoms with Crippen molar-refractivity contribution in [3.63, 3.8) is 0 Å². The van der Waals surface area contributed by atoms with Gasteiger partial charge in [0.25, 0.3) is 0 Å². The lowest BCUT2D eigenvalue weighted by atomic mass is 9.90. The number of hydrogen-bond donors (Lipinski definition) is 2. The number of rotatable bonds is 4. The van der Waals surface area contributed by atoms with E-state index in [9.17, 15) is 13.6 Å². The minimum atomic E-state index is -0.541. The quantitative estimate of drug-likeness (QED) is 0.888. The summed E-state index contributed by atoms with van der Waals surface area (Å²) < 4.78 is 26.9. The summed E-state index contributed by atoms with van der Waals surface area (Å²) in [5, 5.41) is 6.66. The Kier molecular flexibility index (Phi) is 5.33. The van der Waals surface area contributed by atoms with Crippen LogP contribution in [0, 0.1) is 11.6 Å². The number of halogens is 2. The summed E-state index contributed by atoms with van der Waals surface area (Å²) in [7, 11) is 0. The molecule has 1 aliphatic heterocycles. The van der Waals surface area contributed by atoms with E-state index in [2.05, 4.69) is 10.6 Å². The van der Waals surface area contributed by atoms with Crippen LogP contribution in [0.4, 0.5) is 14.5 Å². The Labute approximate surface area is 141 Å². The van der Waals surface area contributed by atoms with Crippen LogP contribution in [0.2, 0.25) is 0 Å². The lowest BCUT2D eigenvalue weighted by molar-refractivity contribution is -0.119. The number of amides is 1. The van der Waals surface area contributed by atoms with Gasteiger partial charge in [0.05, 0.1) is 5.69 Å². The first kappa shape index (κ1) is 17.1. The topological polar surface area (TPSA) is 44.4 Å². The van der Waals surface area contributed by atoms with Crippen molar-refractivity contribution in [2.45, 2.75) is 57.2 Å². The molecular weight excluding hydrogens is 312 g/mol. The Hall–Kier alpha value is -1.69. The summed E-state index contributed by atoms with van der Waals surface area (Å²) in [6.07, 6.45) is 5.06. The van der Waals surface area contributed by atoms with Gasteiger partial charge in [0.15, 0.2) is 0 Å². The van der Waals surface area contributed by atoms with Crippen LogP contribution < -0.4 is 15.5 Å². The van der Waals surface area contributed by atoms with Crippen LogP contribution in [-0.2, 0) is 4.79 Å². The van der Waals surface area contributed by atoms with Gasteiger partial charge in [-0.15, -0.1) is 0 Å². The molecule has 1 aliphatic carbocycles. The lowest BCUT2D eigenvalue weighted by Crippen LogP contribution is -2.45. The van der Waals surface area contributed by atoms with Gasteiger partial charge in [0, 0.05) is 44.2 Å². The molecule has 1 heterocycles. The van der Waals surface area contributed by atoms with E-state index >= 15 is 0 Å². The molecule has 1 aromatic rings. The molecule has 0 radical (unpaired) electrons. The maximum atomic E-state index is 13.9. The van der Waals surface area contributed by atoms with Crippen molar-refractivity contribution in [2.75, 3.05) is 18.0 Å². The van der Waals surface area contributed by atoms with Crippen LogP contribution in [0.15, 0.2) is 18.2 Å². The molecule has 132 valence electrons. The highest BCUT2D eigenvalue weighted by Gasteiger charge is 2.28. The van der Waals surface area contributed by atoms with Crippen LogP contribution in [0.5, 0.6) is 0 Å². The van der Waals surface area contributed by atoms with Crippen molar-refractivity contribution in [3.8, 4) is 0 Å². The molecule has 0 bridgehead atoms. The van der Waals surface area contributed by atoms with Crippen LogP contribution >= 0.6 is 0 Å². The summed E-state index contributed by atoms with van der Waals surface area (Å²) in [5.74, 6) is -0.994. The van der Waals surface area contributed by atoms with Crippen LogP contribution in [0.1, 0.15) is 39.0 Å². The second kappa shape index (κ2) is 7.47. The summed E-state index contributed by atoms with van der Waals surface area (Å²) >= 11 is 0. The Bertz CT molecular complexity index is 588. The third-order valence-electron chi connectivity index (χ3n) is 5.04. The highest BCUT2D eigenvalue weighted by atomic mass is 19.1. The van der Waals surface area contributed by atoms with Crippen molar-refractivity contribution in [1.29, 1.82) is 0 Å². The van der Waals surface area contributed by atoms with Crippen molar-refractivity contribution in [2.24, 2.45) is 0 Å². The molecule has 0 unspecified atom stereocenters. The van der Waals surface area contributed by atoms with Gasteiger partial charge in [-0.05, 0) is 44.2 Å². The number of nitrogens with one attached hydrogen (secondary N) is 2. The Morgan fingerprint density at radius 1 is 1.08 bits per heavy atom. The zero-order valence-corrected chi connectivity index (χ0v) is 14.0. The Balaban J connectivity index is 1.48. The molecule has 6 heteroatoms. The molecule has 0 aromatic heterocycles. The number of carbonyl (C=O) groups excluding carboxylic acids is 1. The fourth-order valence-electron chi connectivity index (χ4n) is 3.88. The smallest absolute Gasteiger partial charge is 0.217 e. The summed E-state index contributed by atoms with van der Waals surface area (Å²) in [5.41, 5.74) is 0.482. The van der Waals surface area contributed by atoms with Crippen LogP contribution in [-0.4, -0.2) is 37.1 Å². The molecule has 1 saturated carbocycles. The predicted molar refractivity (Wildman–Crippen MR) is 90.0 cm³/mol. The van der Waals surface area contributed by atoms with Gasteiger partial charge in [-0.2, -0.15) is 0 Å². The largest absolute Gasteiger partial charge is 0.368 e. The summed E-state index contributed by atoms with van der Waals surface area (Å²) in [6.45, 7) is 3.08. The second-order valence-electron chi connectivity index (χ2n) is 6.94. The molecular formula is C18H25F2N3O. The van der Waals surface area contributed by atoms with Gasteiger partial charge >= 0.3 is 0 Å². The molecule has 1 atom stereocenters. The normalized spacial score (nSPS) is 27.3. The van der Waals surface area contributed by atoms with Crippen molar-refractivity contribution < 1.29 is 13.6 Å². The summed E-state index contributed by atoms with van der Waals surface area (Å²) in [6, 6.07) is 4.86. The number of carbonyl (C=O) groups is 1. The maximum absolute atomic E-state index is 13.9. The van der Waals surface area contributed by atoms with E-state index < -0.39 is 11.6 Å². The SMILES string of the molecule is CC(=O)NC1CCC(N[C@@H]2CCN(c3ccc(F)cc3F)C2)CC1. The minimum absolute atomic E-state index is 0.0409. The first-order valence-corrected chi connectivity index (χ1v) is 8.74. The van der Waals surface area contributed by atoms with Gasteiger partial charge in [0.1, 0.15) is 11.6 Å². The van der Waals surface area contributed by atoms with E-state index in [1.54, 1.807) is 6.92 Å². The molecule has 3 rings (SSSR count). The van der Waals surface area contributed by atoms with E-state index in [4.69, 9.17) is 0 Å². The van der Waals surface area contributed by atoms with Crippen molar-refractivity contribution in [3.05, 3.63) is 29.8 Å². The van der Waals surface area contributed by atoms with Gasteiger partial charge in [-0.25, -0.2) is 8.78 Å². The second-order valence-corrected chi connectivity index (χ2v) is 6.94. The van der Waals surface area contributed by atoms with Gasteiger partial charge in [-0.3, -0.25) is 4.79 Å². The highest BCUT2D eigenvalue weighted by Crippen LogP contribution is 2.26. The average Bonchev–Trinajstić information content (AvgIpc) is 2.97. The molecule has 2 fully saturated rings. The first-order chi connectivity index (χ1) is 11.5. The van der Waals surface area contributed by atoms with E-state index in [1.165, 1.54) is 12.1 Å². The standard InChI is InChI=1S/C18H25F2N3O/c1-12(24)21-14-3-5-15(6-4-14)22-16-8-9-23(11-16)18-7-2-13(19)10-17(18)20/h2,7,10,14-16,22H,3-6,8-9,11H2,1H3,(H,21,24)/t14?,15?,16-/m1/s1. The maximum Gasteiger partial charge on any atom is 0.217 e. The third kappa shape index (κ3) is 4.23. The molecule has 1 amide bonds. The molecule has 4 nitrogen and oxygen atoms in total. The van der Waals surface area contributed by atoms with Crippen LogP contribution in [0.3, 0.4) is 0 Å². The Morgan fingerprint density at radius 3 is 2.46 bits per heavy atom. The predicted octanol–water partition coefficient (Wildman–Crippen LogP) is 2.58. The molecule has 2 N–H and O–H groups in total. The van der Waals surface area contributed by atoms with Gasteiger partial charge in [0.2, 0.25) is 5.91 Å². The van der Waals surface area contributed by atoms with E-state index in [0.717, 1.165) is 51.3 Å². The fourth-order valence-corrected chi connectivity index (χ4v) is 3.88. The van der Waals surface area contributed by atoms with Gasteiger partial charge in [-0.1, -0.05) is 0 Å². The minimum Gasteiger partial charge on any atom is -0.368 e. The number of benzene rings is 1. The fraction of sp³-hybridized carbons (Fsp3) is 0.611. The van der Waals surface area contributed by atoms with E-state index in [1.807, 2.05) is 4.90 Å². The third-order valence-corrected chi connectivity index (χ3v) is 5.04. The number of anilines is 1. The number of hydrogen-bond acceptors (Lipinski definition) is 3. The van der Waals surface area contributed by atoms with E-state index in [-0.39, 0.29) is 5.91 Å². The summed E-state index contributed by atoms with van der Waals surface area (Å²) in [4.78, 5) is 13.1. The van der Waals surface area contributed by atoms with Crippen molar-refractivity contribution in [1.82, 2.24) is 10.6 Å². The zero-order valence-electron chi connectivity index (χ0n) is 14.0. The monoisotopic (exact) mass is 337 g/mol.